The second-order valence-electron chi connectivity index (χ2n) is 4.21. The average molecular weight is 278 g/mol. The maximum absolute atomic E-state index is 13.1. The van der Waals surface area contributed by atoms with E-state index in [-0.39, 0.29) is 5.15 Å². The lowest BCUT2D eigenvalue weighted by Crippen LogP contribution is -2.27. The van der Waals surface area contributed by atoms with E-state index in [1.54, 1.807) is 0 Å². The standard InChI is InChI=1S/C11H14ClF2N3O/c1-11(13,14)9-10(12)16-8(7-15-9)17-3-2-5-18-6-4-17/h7H,2-6H2,1H3. The Morgan fingerprint density at radius 2 is 2.17 bits per heavy atom. The Balaban J connectivity index is 2.22. The van der Waals surface area contributed by atoms with Crippen LogP contribution in [0.3, 0.4) is 0 Å². The van der Waals surface area contributed by atoms with Crippen LogP contribution in [0.15, 0.2) is 6.20 Å². The number of halogens is 3. The van der Waals surface area contributed by atoms with E-state index in [9.17, 15) is 8.78 Å². The third-order valence-corrected chi connectivity index (χ3v) is 2.94. The maximum Gasteiger partial charge on any atom is 0.290 e. The molecular weight excluding hydrogens is 264 g/mol. The molecule has 1 aromatic heterocycles. The first-order chi connectivity index (χ1) is 8.48. The molecule has 0 spiro atoms. The molecule has 18 heavy (non-hydrogen) atoms. The Morgan fingerprint density at radius 3 is 2.83 bits per heavy atom. The summed E-state index contributed by atoms with van der Waals surface area (Å²) >= 11 is 5.76. The molecule has 1 aliphatic rings. The van der Waals surface area contributed by atoms with Gasteiger partial charge in [0, 0.05) is 26.6 Å². The molecule has 2 heterocycles. The third kappa shape index (κ3) is 3.05. The highest BCUT2D eigenvalue weighted by Gasteiger charge is 2.30. The van der Waals surface area contributed by atoms with Crippen LogP contribution in [0.5, 0.6) is 0 Å². The lowest BCUT2D eigenvalue weighted by molar-refractivity contribution is 0.0125. The van der Waals surface area contributed by atoms with Gasteiger partial charge in [0.15, 0.2) is 5.15 Å². The number of aromatic nitrogens is 2. The van der Waals surface area contributed by atoms with E-state index in [0.717, 1.165) is 19.9 Å². The molecule has 1 fully saturated rings. The summed E-state index contributed by atoms with van der Waals surface area (Å²) in [7, 11) is 0. The Morgan fingerprint density at radius 1 is 1.39 bits per heavy atom. The van der Waals surface area contributed by atoms with Gasteiger partial charge in [-0.25, -0.2) is 9.97 Å². The number of ether oxygens (including phenoxy) is 1. The van der Waals surface area contributed by atoms with Gasteiger partial charge < -0.3 is 9.64 Å². The summed E-state index contributed by atoms with van der Waals surface area (Å²) < 4.78 is 31.6. The summed E-state index contributed by atoms with van der Waals surface area (Å²) in [5.74, 6) is -2.57. The Hall–Kier alpha value is -1.01. The largest absolute Gasteiger partial charge is 0.380 e. The minimum absolute atomic E-state index is 0.245. The topological polar surface area (TPSA) is 38.2 Å². The van der Waals surface area contributed by atoms with Gasteiger partial charge in [0.25, 0.3) is 5.92 Å². The molecule has 7 heteroatoms. The van der Waals surface area contributed by atoms with Gasteiger partial charge in [-0.3, -0.25) is 0 Å². The number of nitrogens with zero attached hydrogens (tertiary/aromatic N) is 3. The maximum atomic E-state index is 13.1. The molecule has 0 aromatic carbocycles. The van der Waals surface area contributed by atoms with Crippen LogP contribution in [0.4, 0.5) is 14.6 Å². The van der Waals surface area contributed by atoms with Crippen LogP contribution < -0.4 is 4.90 Å². The van der Waals surface area contributed by atoms with E-state index < -0.39 is 11.6 Å². The van der Waals surface area contributed by atoms with E-state index >= 15 is 0 Å². The molecule has 1 aliphatic heterocycles. The summed E-state index contributed by atoms with van der Waals surface area (Å²) in [6.07, 6.45) is 2.20. The molecule has 1 saturated heterocycles. The van der Waals surface area contributed by atoms with Crippen molar-refractivity contribution in [2.75, 3.05) is 31.2 Å². The molecule has 0 N–H and O–H groups in total. The molecule has 0 unspecified atom stereocenters. The molecule has 2 rings (SSSR count). The van der Waals surface area contributed by atoms with Crippen molar-refractivity contribution in [1.29, 1.82) is 0 Å². The lowest BCUT2D eigenvalue weighted by atomic mass is 10.3. The van der Waals surface area contributed by atoms with Crippen molar-refractivity contribution in [3.05, 3.63) is 17.0 Å². The Labute approximate surface area is 109 Å². The van der Waals surface area contributed by atoms with Gasteiger partial charge in [-0.2, -0.15) is 8.78 Å². The highest BCUT2D eigenvalue weighted by molar-refractivity contribution is 6.30. The Bertz CT molecular complexity index is 417. The zero-order valence-corrected chi connectivity index (χ0v) is 10.8. The fraction of sp³-hybridized carbons (Fsp3) is 0.636. The molecule has 0 amide bonds. The smallest absolute Gasteiger partial charge is 0.290 e. The summed E-state index contributed by atoms with van der Waals surface area (Å²) in [6.45, 7) is 3.45. The van der Waals surface area contributed by atoms with Gasteiger partial charge in [-0.05, 0) is 6.42 Å². The summed E-state index contributed by atoms with van der Waals surface area (Å²) in [5.41, 5.74) is -0.487. The van der Waals surface area contributed by atoms with Crippen molar-refractivity contribution in [1.82, 2.24) is 9.97 Å². The van der Waals surface area contributed by atoms with E-state index in [1.165, 1.54) is 6.20 Å². The first kappa shape index (κ1) is 13.4. The zero-order chi connectivity index (χ0) is 13.2. The number of hydrogen-bond donors (Lipinski definition) is 0. The van der Waals surface area contributed by atoms with Crippen molar-refractivity contribution < 1.29 is 13.5 Å². The number of alkyl halides is 2. The van der Waals surface area contributed by atoms with Gasteiger partial charge in [-0.1, -0.05) is 11.6 Å². The van der Waals surface area contributed by atoms with E-state index in [4.69, 9.17) is 16.3 Å². The first-order valence-corrected chi connectivity index (χ1v) is 6.10. The normalized spacial score (nSPS) is 17.7. The second-order valence-corrected chi connectivity index (χ2v) is 4.57. The van der Waals surface area contributed by atoms with Gasteiger partial charge >= 0.3 is 0 Å². The van der Waals surface area contributed by atoms with Gasteiger partial charge in [0.1, 0.15) is 11.5 Å². The number of hydrogen-bond acceptors (Lipinski definition) is 4. The molecule has 4 nitrogen and oxygen atoms in total. The van der Waals surface area contributed by atoms with Crippen molar-refractivity contribution >= 4 is 17.4 Å². The fourth-order valence-electron chi connectivity index (χ4n) is 1.78. The molecule has 0 aliphatic carbocycles. The van der Waals surface area contributed by atoms with Gasteiger partial charge in [-0.15, -0.1) is 0 Å². The van der Waals surface area contributed by atoms with Crippen LogP contribution in [-0.4, -0.2) is 36.3 Å². The van der Waals surface area contributed by atoms with Crippen LogP contribution in [0.25, 0.3) is 0 Å². The predicted molar refractivity (Wildman–Crippen MR) is 64.3 cm³/mol. The SMILES string of the molecule is CC(F)(F)c1ncc(N2CCCOCC2)nc1Cl. The quantitative estimate of drug-likeness (QED) is 0.832. The minimum atomic E-state index is -3.08. The predicted octanol–water partition coefficient (Wildman–Crippen LogP) is 2.47. The highest BCUT2D eigenvalue weighted by Crippen LogP contribution is 2.30. The monoisotopic (exact) mass is 277 g/mol. The summed E-state index contributed by atoms with van der Waals surface area (Å²) in [5, 5.41) is -0.245. The van der Waals surface area contributed by atoms with Crippen LogP contribution >= 0.6 is 11.6 Å². The van der Waals surface area contributed by atoms with Crippen molar-refractivity contribution in [3.63, 3.8) is 0 Å². The van der Waals surface area contributed by atoms with Crippen molar-refractivity contribution in [2.45, 2.75) is 19.3 Å². The zero-order valence-electron chi connectivity index (χ0n) is 10.00. The minimum Gasteiger partial charge on any atom is -0.380 e. The average Bonchev–Trinajstić information content (AvgIpc) is 2.55. The Kier molecular flexibility index (Phi) is 3.97. The van der Waals surface area contributed by atoms with Gasteiger partial charge in [0.05, 0.1) is 12.8 Å². The number of anilines is 1. The van der Waals surface area contributed by atoms with Crippen molar-refractivity contribution in [2.24, 2.45) is 0 Å². The van der Waals surface area contributed by atoms with E-state index in [2.05, 4.69) is 9.97 Å². The van der Waals surface area contributed by atoms with E-state index in [1.807, 2.05) is 4.90 Å². The molecule has 0 saturated carbocycles. The fourth-order valence-corrected chi connectivity index (χ4v) is 2.08. The molecular formula is C11H14ClF2N3O. The molecule has 0 atom stereocenters. The van der Waals surface area contributed by atoms with Crippen LogP contribution in [0.1, 0.15) is 19.0 Å². The first-order valence-electron chi connectivity index (χ1n) is 5.72. The third-order valence-electron chi connectivity index (χ3n) is 2.68. The lowest BCUT2D eigenvalue weighted by Gasteiger charge is -2.21. The molecule has 0 radical (unpaired) electrons. The molecule has 1 aromatic rings. The highest BCUT2D eigenvalue weighted by atomic mass is 35.5. The van der Waals surface area contributed by atoms with Crippen LogP contribution in [0, 0.1) is 0 Å². The van der Waals surface area contributed by atoms with Gasteiger partial charge in [0.2, 0.25) is 0 Å². The summed E-state index contributed by atoms with van der Waals surface area (Å²) in [4.78, 5) is 9.66. The molecule has 100 valence electrons. The van der Waals surface area contributed by atoms with Crippen LogP contribution in [0.2, 0.25) is 5.15 Å². The summed E-state index contributed by atoms with van der Waals surface area (Å²) in [6, 6.07) is 0. The van der Waals surface area contributed by atoms with Crippen molar-refractivity contribution in [3.8, 4) is 0 Å². The number of rotatable bonds is 2. The molecule has 0 bridgehead atoms. The van der Waals surface area contributed by atoms with Crippen LogP contribution in [-0.2, 0) is 10.7 Å². The van der Waals surface area contributed by atoms with E-state index in [0.29, 0.717) is 25.6 Å². The second kappa shape index (κ2) is 5.32.